The van der Waals surface area contributed by atoms with Crippen molar-refractivity contribution in [1.29, 1.82) is 0 Å². The van der Waals surface area contributed by atoms with Gasteiger partial charge in [-0.3, -0.25) is 4.99 Å². The first kappa shape index (κ1) is 15.1. The van der Waals surface area contributed by atoms with Crippen LogP contribution in [-0.2, 0) is 11.3 Å². The number of benzene rings is 1. The van der Waals surface area contributed by atoms with E-state index >= 15 is 0 Å². The third-order valence-electron chi connectivity index (χ3n) is 2.59. The van der Waals surface area contributed by atoms with Gasteiger partial charge in [0, 0.05) is 25.4 Å². The first-order chi connectivity index (χ1) is 9.19. The van der Waals surface area contributed by atoms with Crippen LogP contribution >= 0.6 is 0 Å². The van der Waals surface area contributed by atoms with E-state index in [0.717, 1.165) is 17.0 Å². The van der Waals surface area contributed by atoms with Gasteiger partial charge in [0.15, 0.2) is 0 Å². The molecule has 0 aliphatic carbocycles. The molecule has 0 bridgehead atoms. The maximum absolute atomic E-state index is 5.71. The molecule has 1 N–H and O–H groups in total. The fourth-order valence-electron chi connectivity index (χ4n) is 1.43. The van der Waals surface area contributed by atoms with Gasteiger partial charge < -0.3 is 14.8 Å². The maximum Gasteiger partial charge on any atom is 0.210 e. The second-order valence-electron chi connectivity index (χ2n) is 4.03. The van der Waals surface area contributed by atoms with Crippen LogP contribution < -0.4 is 10.1 Å². The summed E-state index contributed by atoms with van der Waals surface area (Å²) in [6.07, 6.45) is 1.90. The van der Waals surface area contributed by atoms with Crippen LogP contribution in [-0.4, -0.2) is 26.6 Å². The number of ether oxygens (including phenoxy) is 2. The first-order valence-electron chi connectivity index (χ1n) is 6.35. The molecule has 0 spiro atoms. The summed E-state index contributed by atoms with van der Waals surface area (Å²) in [5, 5.41) is 3.05. The Morgan fingerprint density at radius 2 is 2.00 bits per heavy atom. The molecule has 0 saturated carbocycles. The Kier molecular flexibility index (Phi) is 6.50. The Hall–Kier alpha value is -1.97. The third-order valence-corrected chi connectivity index (χ3v) is 2.59. The molecule has 4 nitrogen and oxygen atoms in total. The molecule has 0 aromatic heterocycles. The minimum atomic E-state index is 0.496. The van der Waals surface area contributed by atoms with Crippen LogP contribution in [0.5, 0.6) is 5.75 Å². The number of hydrogen-bond acceptors (Lipinski definition) is 4. The summed E-state index contributed by atoms with van der Waals surface area (Å²) in [5.41, 5.74) is 2.10. The largest absolute Gasteiger partial charge is 0.497 e. The van der Waals surface area contributed by atoms with Crippen molar-refractivity contribution in [3.8, 4) is 5.75 Å². The fraction of sp³-hybridized carbons (Fsp3) is 0.400. The second-order valence-corrected chi connectivity index (χ2v) is 4.03. The van der Waals surface area contributed by atoms with Crippen LogP contribution in [0, 0.1) is 0 Å². The van der Waals surface area contributed by atoms with Crippen LogP contribution in [0.4, 0.5) is 0 Å². The number of nitrogens with zero attached hydrogens (tertiary/aromatic N) is 1. The third kappa shape index (κ3) is 5.46. The van der Waals surface area contributed by atoms with Crippen molar-refractivity contribution < 1.29 is 9.47 Å². The van der Waals surface area contributed by atoms with Crippen LogP contribution in [0.1, 0.15) is 19.4 Å². The molecule has 0 radical (unpaired) electrons. The molecule has 1 aromatic rings. The number of rotatable bonds is 6. The highest BCUT2D eigenvalue weighted by atomic mass is 16.5. The molecular formula is C15H22N2O2. The van der Waals surface area contributed by atoms with Crippen LogP contribution in [0.2, 0.25) is 0 Å². The van der Waals surface area contributed by atoms with Crippen molar-refractivity contribution in [3.05, 3.63) is 41.6 Å². The average Bonchev–Trinajstić information content (AvgIpc) is 2.45. The topological polar surface area (TPSA) is 42.9 Å². The number of allylic oxidation sites excluding steroid dienone is 1. The van der Waals surface area contributed by atoms with Gasteiger partial charge in [-0.15, -0.1) is 0 Å². The number of nitrogens with one attached hydrogen (secondary N) is 1. The molecule has 0 fully saturated rings. The molecule has 0 saturated heterocycles. The highest BCUT2D eigenvalue weighted by molar-refractivity contribution is 5.88. The zero-order valence-corrected chi connectivity index (χ0v) is 12.1. The van der Waals surface area contributed by atoms with Gasteiger partial charge in [0.25, 0.3) is 0 Å². The number of hydrogen-bond donors (Lipinski definition) is 1. The number of methoxy groups -OCH3 is 1. The maximum atomic E-state index is 5.71. The van der Waals surface area contributed by atoms with Gasteiger partial charge in [0.2, 0.25) is 5.90 Å². The van der Waals surface area contributed by atoms with Gasteiger partial charge in [-0.25, -0.2) is 0 Å². The van der Waals surface area contributed by atoms with E-state index in [4.69, 9.17) is 9.47 Å². The van der Waals surface area contributed by atoms with Crippen molar-refractivity contribution in [2.75, 3.05) is 20.7 Å². The van der Waals surface area contributed by atoms with Gasteiger partial charge in [-0.2, -0.15) is 0 Å². The van der Waals surface area contributed by atoms with Crippen LogP contribution in [0.15, 0.2) is 41.0 Å². The SMILES string of the molecule is CCN=C(/C=C(/C)NC)OCc1ccc(OC)cc1. The normalized spacial score (nSPS) is 12.2. The van der Waals surface area contributed by atoms with Gasteiger partial charge in [0.05, 0.1) is 7.11 Å². The van der Waals surface area contributed by atoms with Gasteiger partial charge >= 0.3 is 0 Å². The Bertz CT molecular complexity index is 436. The average molecular weight is 262 g/mol. The first-order valence-corrected chi connectivity index (χ1v) is 6.35. The molecule has 0 unspecified atom stereocenters. The molecule has 1 aromatic carbocycles. The summed E-state index contributed by atoms with van der Waals surface area (Å²) in [4.78, 5) is 4.31. The van der Waals surface area contributed by atoms with E-state index in [1.54, 1.807) is 7.11 Å². The highest BCUT2D eigenvalue weighted by Crippen LogP contribution is 2.12. The van der Waals surface area contributed by atoms with Crippen molar-refractivity contribution in [1.82, 2.24) is 5.32 Å². The zero-order valence-electron chi connectivity index (χ0n) is 12.1. The molecule has 0 aliphatic rings. The lowest BCUT2D eigenvalue weighted by atomic mass is 10.2. The fourth-order valence-corrected chi connectivity index (χ4v) is 1.43. The summed E-state index contributed by atoms with van der Waals surface area (Å²) in [6.45, 7) is 5.16. The Morgan fingerprint density at radius 1 is 1.32 bits per heavy atom. The quantitative estimate of drug-likeness (QED) is 0.633. The summed E-state index contributed by atoms with van der Waals surface area (Å²) in [7, 11) is 3.53. The van der Waals surface area contributed by atoms with Gasteiger partial charge in [-0.05, 0) is 31.5 Å². The van der Waals surface area contributed by atoms with Crippen LogP contribution in [0.25, 0.3) is 0 Å². The standard InChI is InChI=1S/C15H22N2O2/c1-5-17-15(10-12(2)16-3)19-11-13-6-8-14(18-4)9-7-13/h6-10,16H,5,11H2,1-4H3/b12-10-,17-15?. The summed E-state index contributed by atoms with van der Waals surface area (Å²) in [5.74, 6) is 1.49. The van der Waals surface area contributed by atoms with E-state index in [-0.39, 0.29) is 0 Å². The molecule has 104 valence electrons. The smallest absolute Gasteiger partial charge is 0.210 e. The van der Waals surface area contributed by atoms with E-state index in [2.05, 4.69) is 10.3 Å². The van der Waals surface area contributed by atoms with E-state index in [9.17, 15) is 0 Å². The van der Waals surface area contributed by atoms with E-state index < -0.39 is 0 Å². The predicted octanol–water partition coefficient (Wildman–Crippen LogP) is 2.75. The highest BCUT2D eigenvalue weighted by Gasteiger charge is 1.99. The van der Waals surface area contributed by atoms with E-state index in [1.807, 2.05) is 51.2 Å². The molecule has 1 rings (SSSR count). The zero-order chi connectivity index (χ0) is 14.1. The molecule has 0 aliphatic heterocycles. The minimum absolute atomic E-state index is 0.496. The van der Waals surface area contributed by atoms with Gasteiger partial charge in [0.1, 0.15) is 12.4 Å². The van der Waals surface area contributed by atoms with Crippen molar-refractivity contribution in [3.63, 3.8) is 0 Å². The summed E-state index contributed by atoms with van der Waals surface area (Å²) in [6, 6.07) is 7.81. The lowest BCUT2D eigenvalue weighted by Gasteiger charge is -2.08. The summed E-state index contributed by atoms with van der Waals surface area (Å²) >= 11 is 0. The molecule has 0 amide bonds. The molecule has 0 heterocycles. The summed E-state index contributed by atoms with van der Waals surface area (Å²) < 4.78 is 10.8. The molecule has 0 atom stereocenters. The van der Waals surface area contributed by atoms with Crippen molar-refractivity contribution in [2.45, 2.75) is 20.5 Å². The monoisotopic (exact) mass is 262 g/mol. The van der Waals surface area contributed by atoms with Crippen LogP contribution in [0.3, 0.4) is 0 Å². The molecular weight excluding hydrogens is 240 g/mol. The lowest BCUT2D eigenvalue weighted by Crippen LogP contribution is -2.08. The Balaban J connectivity index is 2.63. The Morgan fingerprint density at radius 3 is 2.53 bits per heavy atom. The number of aliphatic imine (C=N–C) groups is 1. The van der Waals surface area contributed by atoms with Gasteiger partial charge in [-0.1, -0.05) is 12.1 Å². The van der Waals surface area contributed by atoms with E-state index in [1.165, 1.54) is 0 Å². The minimum Gasteiger partial charge on any atom is -0.497 e. The van der Waals surface area contributed by atoms with Crippen molar-refractivity contribution in [2.24, 2.45) is 4.99 Å². The van der Waals surface area contributed by atoms with Crippen molar-refractivity contribution >= 4 is 5.90 Å². The predicted molar refractivity (Wildman–Crippen MR) is 78.6 cm³/mol. The molecule has 4 heteroatoms. The Labute approximate surface area is 115 Å². The molecule has 19 heavy (non-hydrogen) atoms. The van der Waals surface area contributed by atoms with E-state index in [0.29, 0.717) is 19.0 Å². The lowest BCUT2D eigenvalue weighted by molar-refractivity contribution is 0.293. The second kappa shape index (κ2) is 8.19.